The van der Waals surface area contributed by atoms with Gasteiger partial charge < -0.3 is 10.4 Å². The summed E-state index contributed by atoms with van der Waals surface area (Å²) in [5, 5.41) is 10.8. The number of nitrogens with one attached hydrogen (secondary N) is 1. The van der Waals surface area contributed by atoms with E-state index in [1.54, 1.807) is 0 Å². The number of hydrogen-bond acceptors (Lipinski definition) is 4. The van der Waals surface area contributed by atoms with Crippen LogP contribution in [-0.2, 0) is 19.6 Å². The fourth-order valence-corrected chi connectivity index (χ4v) is 3.09. The molecule has 1 fully saturated rings. The molecule has 8 heteroatoms. The van der Waals surface area contributed by atoms with Gasteiger partial charge in [0.25, 0.3) is 0 Å². The van der Waals surface area contributed by atoms with E-state index in [-0.39, 0.29) is 37.6 Å². The number of amides is 1. The van der Waals surface area contributed by atoms with Gasteiger partial charge in [-0.3, -0.25) is 9.59 Å². The Hall–Kier alpha value is -1.15. The van der Waals surface area contributed by atoms with Crippen molar-refractivity contribution in [2.45, 2.75) is 19.3 Å². The summed E-state index contributed by atoms with van der Waals surface area (Å²) < 4.78 is 24.1. The molecule has 0 aromatic rings. The molecule has 0 bridgehead atoms. The molecule has 0 saturated carbocycles. The summed E-state index contributed by atoms with van der Waals surface area (Å²) in [5.41, 5.74) is 0. The molecule has 0 atom stereocenters. The van der Waals surface area contributed by atoms with Gasteiger partial charge in [0.1, 0.15) is 0 Å². The first-order valence-corrected chi connectivity index (χ1v) is 6.99. The van der Waals surface area contributed by atoms with Gasteiger partial charge in [0.05, 0.1) is 12.2 Å². The van der Waals surface area contributed by atoms with Crippen molar-refractivity contribution in [3.63, 3.8) is 0 Å². The van der Waals surface area contributed by atoms with Gasteiger partial charge in [0.2, 0.25) is 15.9 Å². The molecule has 0 aromatic heterocycles. The summed E-state index contributed by atoms with van der Waals surface area (Å²) in [7, 11) is -3.16. The van der Waals surface area contributed by atoms with Crippen molar-refractivity contribution in [1.82, 2.24) is 9.62 Å². The highest BCUT2D eigenvalue weighted by Gasteiger charge is 2.27. The molecule has 1 heterocycles. The number of aliphatic carboxylic acids is 1. The lowest BCUT2D eigenvalue weighted by molar-refractivity contribution is -0.136. The van der Waals surface area contributed by atoms with E-state index in [9.17, 15) is 18.0 Å². The van der Waals surface area contributed by atoms with Gasteiger partial charge in [0.15, 0.2) is 0 Å². The Labute approximate surface area is 99.8 Å². The number of hydrogen-bond donors (Lipinski definition) is 2. The number of carbonyl (C=O) groups excluding carboxylic acids is 1. The van der Waals surface area contributed by atoms with Crippen molar-refractivity contribution in [2.24, 2.45) is 0 Å². The van der Waals surface area contributed by atoms with E-state index in [1.165, 1.54) is 4.31 Å². The Kier molecular flexibility index (Phi) is 4.88. The van der Waals surface area contributed by atoms with Gasteiger partial charge in [-0.1, -0.05) is 0 Å². The Balaban J connectivity index is 2.22. The molecule has 1 saturated heterocycles. The van der Waals surface area contributed by atoms with Gasteiger partial charge >= 0.3 is 5.97 Å². The van der Waals surface area contributed by atoms with Gasteiger partial charge in [-0.15, -0.1) is 0 Å². The molecule has 98 valence electrons. The van der Waals surface area contributed by atoms with Crippen LogP contribution >= 0.6 is 0 Å². The molecule has 1 amide bonds. The highest BCUT2D eigenvalue weighted by molar-refractivity contribution is 7.89. The summed E-state index contributed by atoms with van der Waals surface area (Å²) in [4.78, 5) is 21.5. The minimum Gasteiger partial charge on any atom is -0.481 e. The quantitative estimate of drug-likeness (QED) is 0.640. The Morgan fingerprint density at radius 3 is 2.53 bits per heavy atom. The average Bonchev–Trinajstić information content (AvgIpc) is 2.54. The lowest BCUT2D eigenvalue weighted by Gasteiger charge is -2.13. The summed E-state index contributed by atoms with van der Waals surface area (Å²) in [5.74, 6) is -1.16. The molecule has 1 rings (SSSR count). The SMILES string of the molecule is O=C(O)CCNC(=O)CCN1CCCS1(=O)=O. The van der Waals surface area contributed by atoms with Crippen molar-refractivity contribution in [3.8, 4) is 0 Å². The third kappa shape index (κ3) is 4.70. The minimum absolute atomic E-state index is 0.0683. The van der Waals surface area contributed by atoms with E-state index in [2.05, 4.69) is 5.32 Å². The zero-order chi connectivity index (χ0) is 12.9. The van der Waals surface area contributed by atoms with E-state index in [0.717, 1.165) is 0 Å². The second kappa shape index (κ2) is 5.97. The summed E-state index contributed by atoms with van der Waals surface area (Å²) in [6, 6.07) is 0. The fraction of sp³-hybridized carbons (Fsp3) is 0.778. The maximum Gasteiger partial charge on any atom is 0.305 e. The topological polar surface area (TPSA) is 104 Å². The molecular weight excluding hydrogens is 248 g/mol. The van der Waals surface area contributed by atoms with Gasteiger partial charge in [-0.2, -0.15) is 0 Å². The van der Waals surface area contributed by atoms with Gasteiger partial charge in [-0.25, -0.2) is 12.7 Å². The summed E-state index contributed by atoms with van der Waals surface area (Å²) in [6.45, 7) is 0.701. The number of rotatable bonds is 6. The third-order valence-corrected chi connectivity index (χ3v) is 4.41. The van der Waals surface area contributed by atoms with Gasteiger partial charge in [0, 0.05) is 26.1 Å². The minimum atomic E-state index is -3.16. The molecule has 0 aromatic carbocycles. The molecule has 2 N–H and O–H groups in total. The average molecular weight is 264 g/mol. The highest BCUT2D eigenvalue weighted by atomic mass is 32.2. The highest BCUT2D eigenvalue weighted by Crippen LogP contribution is 2.13. The van der Waals surface area contributed by atoms with E-state index < -0.39 is 16.0 Å². The maximum atomic E-state index is 11.4. The van der Waals surface area contributed by atoms with Crippen molar-refractivity contribution in [2.75, 3.05) is 25.4 Å². The number of carboxylic acid groups (broad SMARTS) is 1. The second-order valence-electron chi connectivity index (χ2n) is 3.81. The molecule has 0 spiro atoms. The zero-order valence-electron chi connectivity index (χ0n) is 9.39. The van der Waals surface area contributed by atoms with E-state index in [1.807, 2.05) is 0 Å². The lowest BCUT2D eigenvalue weighted by Crippen LogP contribution is -2.32. The first-order valence-electron chi connectivity index (χ1n) is 5.38. The van der Waals surface area contributed by atoms with Crippen LogP contribution in [0.4, 0.5) is 0 Å². The molecule has 0 unspecified atom stereocenters. The number of sulfonamides is 1. The van der Waals surface area contributed by atoms with E-state index in [4.69, 9.17) is 5.11 Å². The number of carbonyl (C=O) groups is 2. The van der Waals surface area contributed by atoms with Crippen LogP contribution in [0.1, 0.15) is 19.3 Å². The molecule has 1 aliphatic rings. The molecule has 7 nitrogen and oxygen atoms in total. The predicted octanol–water partition coefficient (Wildman–Crippen LogP) is -0.997. The van der Waals surface area contributed by atoms with E-state index in [0.29, 0.717) is 13.0 Å². The van der Waals surface area contributed by atoms with Crippen LogP contribution in [-0.4, -0.2) is 55.1 Å². The number of nitrogens with zero attached hydrogens (tertiary/aromatic N) is 1. The Morgan fingerprint density at radius 1 is 1.29 bits per heavy atom. The van der Waals surface area contributed by atoms with Crippen LogP contribution in [0.25, 0.3) is 0 Å². The van der Waals surface area contributed by atoms with Crippen LogP contribution < -0.4 is 5.32 Å². The summed E-state index contributed by atoms with van der Waals surface area (Å²) >= 11 is 0. The first-order chi connectivity index (χ1) is 7.92. The lowest BCUT2D eigenvalue weighted by atomic mass is 10.3. The largest absolute Gasteiger partial charge is 0.481 e. The molecule has 17 heavy (non-hydrogen) atoms. The van der Waals surface area contributed by atoms with Crippen LogP contribution in [0.5, 0.6) is 0 Å². The Bertz CT molecular complexity index is 392. The molecular formula is C9H16N2O5S. The monoisotopic (exact) mass is 264 g/mol. The smallest absolute Gasteiger partial charge is 0.305 e. The standard InChI is InChI=1S/C9H16N2O5S/c12-8(10-4-2-9(13)14)3-6-11-5-1-7-17(11,15)16/h1-7H2,(H,10,12)(H,13,14). The fourth-order valence-electron chi connectivity index (χ4n) is 1.57. The normalized spacial score (nSPS) is 19.1. The third-order valence-electron chi connectivity index (χ3n) is 2.45. The van der Waals surface area contributed by atoms with Crippen molar-refractivity contribution in [1.29, 1.82) is 0 Å². The molecule has 0 aliphatic carbocycles. The van der Waals surface area contributed by atoms with Crippen LogP contribution in [0.2, 0.25) is 0 Å². The van der Waals surface area contributed by atoms with Crippen molar-refractivity contribution < 1.29 is 23.1 Å². The second-order valence-corrected chi connectivity index (χ2v) is 5.90. The maximum absolute atomic E-state index is 11.4. The molecule has 0 radical (unpaired) electrons. The predicted molar refractivity (Wildman–Crippen MR) is 59.9 cm³/mol. The van der Waals surface area contributed by atoms with Crippen LogP contribution in [0.15, 0.2) is 0 Å². The van der Waals surface area contributed by atoms with Crippen LogP contribution in [0, 0.1) is 0 Å². The van der Waals surface area contributed by atoms with Gasteiger partial charge in [-0.05, 0) is 6.42 Å². The zero-order valence-corrected chi connectivity index (χ0v) is 10.2. The number of carboxylic acids is 1. The summed E-state index contributed by atoms with van der Waals surface area (Å²) in [6.07, 6.45) is 0.537. The molecule has 1 aliphatic heterocycles. The first kappa shape index (κ1) is 13.9. The van der Waals surface area contributed by atoms with Crippen molar-refractivity contribution in [3.05, 3.63) is 0 Å². The van der Waals surface area contributed by atoms with Crippen LogP contribution in [0.3, 0.4) is 0 Å². The Morgan fingerprint density at radius 2 is 2.00 bits per heavy atom. The van der Waals surface area contributed by atoms with E-state index >= 15 is 0 Å². The van der Waals surface area contributed by atoms with Crippen molar-refractivity contribution >= 4 is 21.9 Å².